The van der Waals surface area contributed by atoms with Gasteiger partial charge in [0, 0.05) is 19.8 Å². The third kappa shape index (κ3) is 2.48. The molecule has 0 aliphatic heterocycles. The lowest BCUT2D eigenvalue weighted by Gasteiger charge is -2.19. The van der Waals surface area contributed by atoms with E-state index in [1.165, 1.54) is 11.1 Å². The van der Waals surface area contributed by atoms with Gasteiger partial charge in [-0.15, -0.1) is 0 Å². The maximum Gasteiger partial charge on any atom is 0.0659 e. The van der Waals surface area contributed by atoms with Crippen LogP contribution in [0.2, 0.25) is 5.02 Å². The number of aryl methyl sites for hydroxylation is 1. The van der Waals surface area contributed by atoms with Gasteiger partial charge in [0.1, 0.15) is 0 Å². The first-order chi connectivity index (χ1) is 9.65. The summed E-state index contributed by atoms with van der Waals surface area (Å²) in [5.74, 6) is 0. The van der Waals surface area contributed by atoms with Crippen molar-refractivity contribution in [2.45, 2.75) is 18.9 Å². The van der Waals surface area contributed by atoms with Gasteiger partial charge in [-0.1, -0.05) is 35.9 Å². The number of fused-ring (bicyclic) bond motifs is 1. The summed E-state index contributed by atoms with van der Waals surface area (Å²) in [6.45, 7) is 0. The van der Waals surface area contributed by atoms with Gasteiger partial charge in [0.15, 0.2) is 0 Å². The van der Waals surface area contributed by atoms with Crippen LogP contribution in [0.5, 0.6) is 0 Å². The van der Waals surface area contributed by atoms with Gasteiger partial charge in [0.2, 0.25) is 0 Å². The standard InChI is InChI=1S/C17H19ClN2/c1-20(2)17-10-8-13(11-15(17)18)19-16-9-7-12-5-3-4-6-14(12)16/h3-6,8,10-11,16,19H,7,9H2,1-2H3. The Morgan fingerprint density at radius 2 is 1.95 bits per heavy atom. The Morgan fingerprint density at radius 3 is 2.70 bits per heavy atom. The second kappa shape index (κ2) is 5.37. The van der Waals surface area contributed by atoms with Crippen LogP contribution in [0.3, 0.4) is 0 Å². The molecule has 2 nitrogen and oxygen atoms in total. The van der Waals surface area contributed by atoms with Crippen molar-refractivity contribution in [3.8, 4) is 0 Å². The van der Waals surface area contributed by atoms with E-state index < -0.39 is 0 Å². The lowest BCUT2D eigenvalue weighted by molar-refractivity contribution is 0.762. The summed E-state index contributed by atoms with van der Waals surface area (Å²) in [6.07, 6.45) is 2.30. The zero-order valence-electron chi connectivity index (χ0n) is 11.9. The first-order valence-electron chi connectivity index (χ1n) is 6.96. The zero-order valence-corrected chi connectivity index (χ0v) is 12.6. The molecule has 1 atom stereocenters. The topological polar surface area (TPSA) is 15.3 Å². The molecule has 2 aromatic carbocycles. The number of benzene rings is 2. The first-order valence-corrected chi connectivity index (χ1v) is 7.34. The third-order valence-electron chi connectivity index (χ3n) is 3.90. The minimum Gasteiger partial charge on any atom is -0.378 e. The fourth-order valence-corrected chi connectivity index (χ4v) is 3.22. The number of nitrogens with zero attached hydrogens (tertiary/aromatic N) is 1. The van der Waals surface area contributed by atoms with Gasteiger partial charge in [-0.2, -0.15) is 0 Å². The van der Waals surface area contributed by atoms with Crippen LogP contribution in [0.25, 0.3) is 0 Å². The van der Waals surface area contributed by atoms with Crippen LogP contribution in [0, 0.1) is 0 Å². The van der Waals surface area contributed by atoms with Crippen LogP contribution in [0.1, 0.15) is 23.6 Å². The Kier molecular flexibility index (Phi) is 3.58. The van der Waals surface area contributed by atoms with Crippen molar-refractivity contribution in [3.63, 3.8) is 0 Å². The molecule has 0 radical (unpaired) electrons. The molecule has 0 amide bonds. The van der Waals surface area contributed by atoms with Crippen LogP contribution >= 0.6 is 11.6 Å². The summed E-state index contributed by atoms with van der Waals surface area (Å²) in [5.41, 5.74) is 5.01. The summed E-state index contributed by atoms with van der Waals surface area (Å²) < 4.78 is 0. The molecule has 104 valence electrons. The van der Waals surface area contributed by atoms with E-state index in [0.717, 1.165) is 29.2 Å². The van der Waals surface area contributed by atoms with Crippen LogP contribution in [0.4, 0.5) is 11.4 Å². The average Bonchev–Trinajstić information content (AvgIpc) is 2.82. The normalized spacial score (nSPS) is 16.9. The van der Waals surface area contributed by atoms with E-state index >= 15 is 0 Å². The lowest BCUT2D eigenvalue weighted by atomic mass is 10.1. The SMILES string of the molecule is CN(C)c1ccc(NC2CCc3ccccc32)cc1Cl. The van der Waals surface area contributed by atoms with Crippen LogP contribution in [-0.4, -0.2) is 14.1 Å². The van der Waals surface area contributed by atoms with Crippen LogP contribution in [0.15, 0.2) is 42.5 Å². The molecule has 0 saturated heterocycles. The molecule has 2 aromatic rings. The highest BCUT2D eigenvalue weighted by Crippen LogP contribution is 2.35. The minimum atomic E-state index is 0.396. The Morgan fingerprint density at radius 1 is 1.15 bits per heavy atom. The molecule has 1 aliphatic rings. The molecule has 0 fully saturated rings. The first kappa shape index (κ1) is 13.3. The van der Waals surface area contributed by atoms with E-state index in [0.29, 0.717) is 6.04 Å². The maximum absolute atomic E-state index is 6.33. The second-order valence-electron chi connectivity index (χ2n) is 5.50. The predicted octanol–water partition coefficient (Wildman–Crippen LogP) is 4.51. The van der Waals surface area contributed by atoms with Gasteiger partial charge in [0.25, 0.3) is 0 Å². The summed E-state index contributed by atoms with van der Waals surface area (Å²) in [4.78, 5) is 2.02. The monoisotopic (exact) mass is 286 g/mol. The molecule has 0 spiro atoms. The summed E-state index contributed by atoms with van der Waals surface area (Å²) in [5, 5.41) is 4.38. The molecule has 1 N–H and O–H groups in total. The molecule has 3 rings (SSSR count). The smallest absolute Gasteiger partial charge is 0.0659 e. The highest BCUT2D eigenvalue weighted by Gasteiger charge is 2.21. The Hall–Kier alpha value is -1.67. The lowest BCUT2D eigenvalue weighted by Crippen LogP contribution is -2.10. The highest BCUT2D eigenvalue weighted by molar-refractivity contribution is 6.33. The molecule has 20 heavy (non-hydrogen) atoms. The molecule has 0 bridgehead atoms. The van der Waals surface area contributed by atoms with Gasteiger partial charge < -0.3 is 10.2 Å². The molecule has 1 aliphatic carbocycles. The average molecular weight is 287 g/mol. The van der Waals surface area contributed by atoms with Gasteiger partial charge >= 0.3 is 0 Å². The van der Waals surface area contributed by atoms with Crippen molar-refractivity contribution >= 4 is 23.0 Å². The van der Waals surface area contributed by atoms with Crippen LogP contribution < -0.4 is 10.2 Å². The fraction of sp³-hybridized carbons (Fsp3) is 0.294. The van der Waals surface area contributed by atoms with Crippen molar-refractivity contribution in [2.75, 3.05) is 24.3 Å². The van der Waals surface area contributed by atoms with E-state index in [4.69, 9.17) is 11.6 Å². The van der Waals surface area contributed by atoms with Crippen molar-refractivity contribution in [1.82, 2.24) is 0 Å². The Balaban J connectivity index is 1.81. The maximum atomic E-state index is 6.33. The summed E-state index contributed by atoms with van der Waals surface area (Å²) in [7, 11) is 4.00. The number of anilines is 2. The second-order valence-corrected chi connectivity index (χ2v) is 5.90. The fourth-order valence-electron chi connectivity index (χ4n) is 2.87. The molecule has 0 saturated carbocycles. The van der Waals surface area contributed by atoms with E-state index in [-0.39, 0.29) is 0 Å². The zero-order chi connectivity index (χ0) is 14.1. The number of hydrogen-bond acceptors (Lipinski definition) is 2. The number of nitrogens with one attached hydrogen (secondary N) is 1. The summed E-state index contributed by atoms with van der Waals surface area (Å²) >= 11 is 6.33. The van der Waals surface area contributed by atoms with E-state index in [2.05, 4.69) is 41.7 Å². The molecule has 3 heteroatoms. The van der Waals surface area contributed by atoms with E-state index in [1.54, 1.807) is 0 Å². The molecule has 0 heterocycles. The van der Waals surface area contributed by atoms with Gasteiger partial charge in [-0.3, -0.25) is 0 Å². The molecule has 0 aromatic heterocycles. The van der Waals surface area contributed by atoms with Crippen molar-refractivity contribution in [1.29, 1.82) is 0 Å². The largest absolute Gasteiger partial charge is 0.378 e. The van der Waals surface area contributed by atoms with Gasteiger partial charge in [-0.05, 0) is 42.2 Å². The number of hydrogen-bond donors (Lipinski definition) is 1. The molecular formula is C17H19ClN2. The molecular weight excluding hydrogens is 268 g/mol. The predicted molar refractivity (Wildman–Crippen MR) is 86.9 cm³/mol. The molecule has 1 unspecified atom stereocenters. The van der Waals surface area contributed by atoms with Gasteiger partial charge in [0.05, 0.1) is 16.8 Å². The van der Waals surface area contributed by atoms with Crippen molar-refractivity contribution < 1.29 is 0 Å². The van der Waals surface area contributed by atoms with Gasteiger partial charge in [-0.25, -0.2) is 0 Å². The van der Waals surface area contributed by atoms with Crippen molar-refractivity contribution in [2.24, 2.45) is 0 Å². The number of rotatable bonds is 3. The van der Waals surface area contributed by atoms with E-state index in [9.17, 15) is 0 Å². The van der Waals surface area contributed by atoms with Crippen LogP contribution in [-0.2, 0) is 6.42 Å². The minimum absolute atomic E-state index is 0.396. The highest BCUT2D eigenvalue weighted by atomic mass is 35.5. The quantitative estimate of drug-likeness (QED) is 0.893. The Labute approximate surface area is 125 Å². The summed E-state index contributed by atoms with van der Waals surface area (Å²) in [6, 6.07) is 15.2. The van der Waals surface area contributed by atoms with E-state index in [1.807, 2.05) is 25.1 Å². The van der Waals surface area contributed by atoms with Crippen molar-refractivity contribution in [3.05, 3.63) is 58.6 Å². The third-order valence-corrected chi connectivity index (χ3v) is 4.21. The number of halogens is 1. The Bertz CT molecular complexity index is 622.